The summed E-state index contributed by atoms with van der Waals surface area (Å²) in [5, 5.41) is 11.5. The third-order valence-corrected chi connectivity index (χ3v) is 3.24. The Morgan fingerprint density at radius 2 is 1.83 bits per heavy atom. The number of carbonyl (C=O) groups is 2. The number of nitrogens with one attached hydrogen (secondary N) is 1. The normalized spacial score (nSPS) is 13.8. The van der Waals surface area contributed by atoms with Crippen LogP contribution in [0.3, 0.4) is 0 Å². The lowest BCUT2D eigenvalue weighted by Crippen LogP contribution is -2.35. The summed E-state index contributed by atoms with van der Waals surface area (Å²) in [6.45, 7) is 7.24. The molecule has 0 radical (unpaired) electrons. The van der Waals surface area contributed by atoms with Gasteiger partial charge in [-0.25, -0.2) is 0 Å². The number of carboxylic acids is 1. The molecule has 18 heavy (non-hydrogen) atoms. The van der Waals surface area contributed by atoms with Gasteiger partial charge in [-0.15, -0.1) is 0 Å². The molecule has 0 heterocycles. The van der Waals surface area contributed by atoms with Crippen LogP contribution in [0.15, 0.2) is 18.2 Å². The molecule has 0 bridgehead atoms. The van der Waals surface area contributed by atoms with Gasteiger partial charge in [0.15, 0.2) is 0 Å². The lowest BCUT2D eigenvalue weighted by atomic mass is 9.98. The first-order valence-corrected chi connectivity index (χ1v) is 5.94. The summed E-state index contributed by atoms with van der Waals surface area (Å²) in [5.41, 5.74) is 3.29. The maximum atomic E-state index is 11.7. The van der Waals surface area contributed by atoms with Crippen molar-refractivity contribution in [3.63, 3.8) is 0 Å². The molecule has 2 atom stereocenters. The van der Waals surface area contributed by atoms with Crippen molar-refractivity contribution in [1.82, 2.24) is 5.32 Å². The van der Waals surface area contributed by atoms with Gasteiger partial charge in [-0.3, -0.25) is 9.59 Å². The SMILES string of the molecule is Cc1cccc(C(C)NC(=O)C(C)C(=O)O)c1C. The van der Waals surface area contributed by atoms with E-state index in [2.05, 4.69) is 5.32 Å². The Morgan fingerprint density at radius 1 is 1.22 bits per heavy atom. The van der Waals surface area contributed by atoms with Crippen molar-refractivity contribution in [2.45, 2.75) is 33.7 Å². The van der Waals surface area contributed by atoms with Crippen molar-refractivity contribution >= 4 is 11.9 Å². The van der Waals surface area contributed by atoms with Crippen LogP contribution in [0.1, 0.15) is 36.6 Å². The highest BCUT2D eigenvalue weighted by Gasteiger charge is 2.22. The van der Waals surface area contributed by atoms with Crippen LogP contribution in [-0.4, -0.2) is 17.0 Å². The fraction of sp³-hybridized carbons (Fsp3) is 0.429. The van der Waals surface area contributed by atoms with E-state index in [9.17, 15) is 9.59 Å². The van der Waals surface area contributed by atoms with Crippen molar-refractivity contribution in [3.8, 4) is 0 Å². The van der Waals surface area contributed by atoms with Gasteiger partial charge >= 0.3 is 5.97 Å². The minimum absolute atomic E-state index is 0.195. The molecule has 0 aromatic heterocycles. The van der Waals surface area contributed by atoms with E-state index in [1.54, 1.807) is 0 Å². The number of aliphatic carboxylic acids is 1. The van der Waals surface area contributed by atoms with E-state index in [0.717, 1.165) is 16.7 Å². The fourth-order valence-corrected chi connectivity index (χ4v) is 1.77. The van der Waals surface area contributed by atoms with Gasteiger partial charge in [-0.2, -0.15) is 0 Å². The standard InChI is InChI=1S/C14H19NO3/c1-8-6-5-7-12(9(8)2)11(4)15-13(16)10(3)14(17)18/h5-7,10-11H,1-4H3,(H,15,16)(H,17,18). The average molecular weight is 249 g/mol. The van der Waals surface area contributed by atoms with Gasteiger partial charge < -0.3 is 10.4 Å². The maximum Gasteiger partial charge on any atom is 0.315 e. The Morgan fingerprint density at radius 3 is 2.39 bits per heavy atom. The van der Waals surface area contributed by atoms with E-state index < -0.39 is 17.8 Å². The zero-order valence-corrected chi connectivity index (χ0v) is 11.2. The van der Waals surface area contributed by atoms with E-state index in [0.29, 0.717) is 0 Å². The molecule has 0 saturated carbocycles. The number of amides is 1. The van der Waals surface area contributed by atoms with Crippen LogP contribution >= 0.6 is 0 Å². The first-order valence-electron chi connectivity index (χ1n) is 5.94. The summed E-state index contributed by atoms with van der Waals surface area (Å²) < 4.78 is 0. The third-order valence-electron chi connectivity index (χ3n) is 3.24. The van der Waals surface area contributed by atoms with E-state index in [1.807, 2.05) is 39.0 Å². The quantitative estimate of drug-likeness (QED) is 0.804. The number of hydrogen-bond acceptors (Lipinski definition) is 2. The summed E-state index contributed by atoms with van der Waals surface area (Å²) in [6, 6.07) is 5.69. The molecule has 0 spiro atoms. The Bertz CT molecular complexity index is 468. The molecule has 0 saturated heterocycles. The van der Waals surface area contributed by atoms with Crippen LogP contribution in [0.5, 0.6) is 0 Å². The minimum atomic E-state index is -1.11. The number of rotatable bonds is 4. The molecular weight excluding hydrogens is 230 g/mol. The number of hydrogen-bond donors (Lipinski definition) is 2. The second-order valence-corrected chi connectivity index (χ2v) is 4.58. The molecule has 1 amide bonds. The predicted molar refractivity (Wildman–Crippen MR) is 69.3 cm³/mol. The lowest BCUT2D eigenvalue weighted by molar-refractivity contribution is -0.146. The van der Waals surface area contributed by atoms with Gasteiger partial charge in [0.05, 0.1) is 6.04 Å². The summed E-state index contributed by atoms with van der Waals surface area (Å²) in [5.74, 6) is -2.60. The highest BCUT2D eigenvalue weighted by molar-refractivity contribution is 5.96. The van der Waals surface area contributed by atoms with Crippen molar-refractivity contribution < 1.29 is 14.7 Å². The summed E-state index contributed by atoms with van der Waals surface area (Å²) in [4.78, 5) is 22.4. The molecule has 1 aromatic rings. The molecule has 0 aliphatic rings. The van der Waals surface area contributed by atoms with Gasteiger partial charge in [0.1, 0.15) is 5.92 Å². The van der Waals surface area contributed by atoms with Gasteiger partial charge in [0.2, 0.25) is 5.91 Å². The largest absolute Gasteiger partial charge is 0.481 e. The van der Waals surface area contributed by atoms with E-state index in [4.69, 9.17) is 5.11 Å². The summed E-state index contributed by atoms with van der Waals surface area (Å²) in [7, 11) is 0. The van der Waals surface area contributed by atoms with Crippen LogP contribution in [-0.2, 0) is 9.59 Å². The number of benzene rings is 1. The van der Waals surface area contributed by atoms with Crippen LogP contribution in [0.2, 0.25) is 0 Å². The van der Waals surface area contributed by atoms with Crippen molar-refractivity contribution in [2.75, 3.05) is 0 Å². The zero-order chi connectivity index (χ0) is 13.9. The van der Waals surface area contributed by atoms with Gasteiger partial charge in [-0.1, -0.05) is 18.2 Å². The van der Waals surface area contributed by atoms with Crippen LogP contribution < -0.4 is 5.32 Å². The van der Waals surface area contributed by atoms with Crippen LogP contribution in [0.4, 0.5) is 0 Å². The Hall–Kier alpha value is -1.84. The molecule has 0 fully saturated rings. The Labute approximate surface area is 107 Å². The number of carboxylic acid groups (broad SMARTS) is 1. The maximum absolute atomic E-state index is 11.7. The van der Waals surface area contributed by atoms with E-state index in [1.165, 1.54) is 6.92 Å². The van der Waals surface area contributed by atoms with Gasteiger partial charge in [-0.05, 0) is 44.4 Å². The smallest absolute Gasteiger partial charge is 0.315 e. The summed E-state index contributed by atoms with van der Waals surface area (Å²) >= 11 is 0. The highest BCUT2D eigenvalue weighted by atomic mass is 16.4. The van der Waals surface area contributed by atoms with Crippen LogP contribution in [0.25, 0.3) is 0 Å². The second-order valence-electron chi connectivity index (χ2n) is 4.58. The molecule has 1 aromatic carbocycles. The zero-order valence-electron chi connectivity index (χ0n) is 11.2. The Kier molecular flexibility index (Phi) is 4.48. The van der Waals surface area contributed by atoms with Crippen molar-refractivity contribution in [1.29, 1.82) is 0 Å². The van der Waals surface area contributed by atoms with Crippen molar-refractivity contribution in [2.24, 2.45) is 5.92 Å². The van der Waals surface area contributed by atoms with Gasteiger partial charge in [0, 0.05) is 0 Å². The molecule has 98 valence electrons. The third kappa shape index (κ3) is 3.09. The topological polar surface area (TPSA) is 66.4 Å². The molecule has 2 N–H and O–H groups in total. The number of aryl methyl sites for hydroxylation is 1. The lowest BCUT2D eigenvalue weighted by Gasteiger charge is -2.19. The predicted octanol–water partition coefficient (Wildman–Crippen LogP) is 2.20. The van der Waals surface area contributed by atoms with Crippen molar-refractivity contribution in [3.05, 3.63) is 34.9 Å². The molecule has 2 unspecified atom stereocenters. The first kappa shape index (κ1) is 14.2. The average Bonchev–Trinajstić information content (AvgIpc) is 2.31. The molecule has 1 rings (SSSR count). The highest BCUT2D eigenvalue weighted by Crippen LogP contribution is 2.20. The minimum Gasteiger partial charge on any atom is -0.481 e. The fourth-order valence-electron chi connectivity index (χ4n) is 1.77. The molecular formula is C14H19NO3. The van der Waals surface area contributed by atoms with Crippen LogP contribution in [0, 0.1) is 19.8 Å². The molecule has 4 nitrogen and oxygen atoms in total. The second kappa shape index (κ2) is 5.67. The van der Waals surface area contributed by atoms with Gasteiger partial charge in [0.25, 0.3) is 0 Å². The summed E-state index contributed by atoms with van der Waals surface area (Å²) in [6.07, 6.45) is 0. The molecule has 0 aliphatic carbocycles. The van der Waals surface area contributed by atoms with E-state index >= 15 is 0 Å². The first-order chi connectivity index (χ1) is 8.34. The van der Waals surface area contributed by atoms with E-state index in [-0.39, 0.29) is 6.04 Å². The molecule has 4 heteroatoms. The molecule has 0 aliphatic heterocycles. The number of carbonyl (C=O) groups excluding carboxylic acids is 1. The Balaban J connectivity index is 2.83. The monoisotopic (exact) mass is 249 g/mol.